The van der Waals surface area contributed by atoms with Gasteiger partial charge in [0.05, 0.1) is 10.2 Å². The van der Waals surface area contributed by atoms with E-state index in [1.54, 1.807) is 0 Å². The van der Waals surface area contributed by atoms with Gasteiger partial charge in [-0.25, -0.2) is 0 Å². The molecule has 0 aromatic heterocycles. The molecule has 0 heterocycles. The third-order valence-electron chi connectivity index (χ3n) is 3.53. The monoisotopic (exact) mass is 400 g/mol. The summed E-state index contributed by atoms with van der Waals surface area (Å²) in [5.74, 6) is 0.948. The van der Waals surface area contributed by atoms with Crippen molar-refractivity contribution in [2.24, 2.45) is 0 Å². The second kappa shape index (κ2) is 6.97. The van der Waals surface area contributed by atoms with Crippen molar-refractivity contribution in [3.05, 3.63) is 76.4 Å². The summed E-state index contributed by atoms with van der Waals surface area (Å²) in [6.07, 6.45) is 0. The summed E-state index contributed by atoms with van der Waals surface area (Å²) >= 11 is 2.38. The molecular formula is C20H17IO. The molecule has 0 atom stereocenters. The number of halogens is 1. The van der Waals surface area contributed by atoms with E-state index in [4.69, 9.17) is 4.74 Å². The van der Waals surface area contributed by atoms with Gasteiger partial charge in [0.2, 0.25) is 0 Å². The lowest BCUT2D eigenvalue weighted by atomic mass is 9.98. The van der Waals surface area contributed by atoms with Gasteiger partial charge in [-0.3, -0.25) is 0 Å². The SMILES string of the molecule is CCOc1cc(-c2ccccc2)cc(-c2ccccc2)c1I. The number of hydrogen-bond donors (Lipinski definition) is 0. The molecule has 3 aromatic rings. The Bertz CT molecular complexity index is 751. The molecule has 22 heavy (non-hydrogen) atoms. The minimum atomic E-state index is 0.669. The smallest absolute Gasteiger partial charge is 0.133 e. The summed E-state index contributed by atoms with van der Waals surface area (Å²) in [6, 6.07) is 25.3. The first-order chi connectivity index (χ1) is 10.8. The van der Waals surface area contributed by atoms with Crippen LogP contribution < -0.4 is 4.74 Å². The quantitative estimate of drug-likeness (QED) is 0.487. The highest BCUT2D eigenvalue weighted by atomic mass is 127. The Morgan fingerprint density at radius 2 is 1.36 bits per heavy atom. The fourth-order valence-electron chi connectivity index (χ4n) is 2.48. The molecule has 2 heteroatoms. The van der Waals surface area contributed by atoms with Gasteiger partial charge in [-0.2, -0.15) is 0 Å². The van der Waals surface area contributed by atoms with Crippen molar-refractivity contribution in [3.63, 3.8) is 0 Å². The lowest BCUT2D eigenvalue weighted by Gasteiger charge is -2.14. The minimum absolute atomic E-state index is 0.669. The highest BCUT2D eigenvalue weighted by Gasteiger charge is 2.12. The van der Waals surface area contributed by atoms with Gasteiger partial charge >= 0.3 is 0 Å². The van der Waals surface area contributed by atoms with Crippen LogP contribution in [-0.4, -0.2) is 6.61 Å². The van der Waals surface area contributed by atoms with E-state index < -0.39 is 0 Å². The van der Waals surface area contributed by atoms with E-state index in [0.717, 1.165) is 9.32 Å². The fraction of sp³-hybridized carbons (Fsp3) is 0.100. The van der Waals surface area contributed by atoms with E-state index in [0.29, 0.717) is 6.61 Å². The molecule has 3 rings (SSSR count). The summed E-state index contributed by atoms with van der Waals surface area (Å²) in [6.45, 7) is 2.69. The van der Waals surface area contributed by atoms with Gasteiger partial charge in [0.15, 0.2) is 0 Å². The van der Waals surface area contributed by atoms with Gasteiger partial charge in [0.25, 0.3) is 0 Å². The first-order valence-electron chi connectivity index (χ1n) is 7.36. The summed E-state index contributed by atoms with van der Waals surface area (Å²) in [5, 5.41) is 0. The molecule has 0 fully saturated rings. The van der Waals surface area contributed by atoms with Crippen molar-refractivity contribution in [3.8, 4) is 28.0 Å². The van der Waals surface area contributed by atoms with Crippen LogP contribution in [0.15, 0.2) is 72.8 Å². The van der Waals surface area contributed by atoms with Gasteiger partial charge in [0, 0.05) is 0 Å². The first kappa shape index (κ1) is 15.1. The van der Waals surface area contributed by atoms with Crippen LogP contribution in [0.1, 0.15) is 6.92 Å². The maximum absolute atomic E-state index is 5.85. The van der Waals surface area contributed by atoms with Crippen LogP contribution in [0, 0.1) is 3.57 Å². The van der Waals surface area contributed by atoms with Crippen molar-refractivity contribution < 1.29 is 4.74 Å². The number of rotatable bonds is 4. The van der Waals surface area contributed by atoms with Crippen LogP contribution in [0.5, 0.6) is 5.75 Å². The molecular weight excluding hydrogens is 383 g/mol. The number of hydrogen-bond acceptors (Lipinski definition) is 1. The molecule has 0 N–H and O–H groups in total. The molecule has 0 radical (unpaired) electrons. The molecule has 110 valence electrons. The van der Waals surface area contributed by atoms with E-state index in [1.807, 2.05) is 19.1 Å². The molecule has 0 aliphatic rings. The number of benzene rings is 3. The summed E-state index contributed by atoms with van der Waals surface area (Å²) in [7, 11) is 0. The van der Waals surface area contributed by atoms with Crippen LogP contribution in [0.4, 0.5) is 0 Å². The fourth-order valence-corrected chi connectivity index (χ4v) is 3.26. The van der Waals surface area contributed by atoms with Crippen molar-refractivity contribution in [1.82, 2.24) is 0 Å². The van der Waals surface area contributed by atoms with Crippen LogP contribution >= 0.6 is 22.6 Å². The Morgan fingerprint density at radius 1 is 0.773 bits per heavy atom. The average molecular weight is 400 g/mol. The van der Waals surface area contributed by atoms with Crippen LogP contribution in [0.25, 0.3) is 22.3 Å². The third-order valence-corrected chi connectivity index (χ3v) is 4.64. The second-order valence-electron chi connectivity index (χ2n) is 5.00. The normalized spacial score (nSPS) is 10.5. The van der Waals surface area contributed by atoms with E-state index in [9.17, 15) is 0 Å². The molecule has 0 bridgehead atoms. The lowest BCUT2D eigenvalue weighted by molar-refractivity contribution is 0.338. The molecule has 0 saturated carbocycles. The zero-order valence-corrected chi connectivity index (χ0v) is 14.6. The summed E-state index contributed by atoms with van der Waals surface area (Å²) in [4.78, 5) is 0. The van der Waals surface area contributed by atoms with E-state index in [-0.39, 0.29) is 0 Å². The van der Waals surface area contributed by atoms with Gasteiger partial charge < -0.3 is 4.74 Å². The van der Waals surface area contributed by atoms with Crippen molar-refractivity contribution >= 4 is 22.6 Å². The topological polar surface area (TPSA) is 9.23 Å². The highest BCUT2D eigenvalue weighted by Crippen LogP contribution is 2.37. The Balaban J connectivity index is 2.19. The van der Waals surface area contributed by atoms with Crippen LogP contribution in [0.2, 0.25) is 0 Å². The van der Waals surface area contributed by atoms with Gasteiger partial charge in [-0.1, -0.05) is 60.7 Å². The molecule has 0 aliphatic heterocycles. The van der Waals surface area contributed by atoms with E-state index >= 15 is 0 Å². The van der Waals surface area contributed by atoms with Crippen LogP contribution in [-0.2, 0) is 0 Å². The van der Waals surface area contributed by atoms with Crippen molar-refractivity contribution in [2.45, 2.75) is 6.92 Å². The standard InChI is InChI=1S/C20H17IO/c1-2-22-19-14-17(15-9-5-3-6-10-15)13-18(20(19)21)16-11-7-4-8-12-16/h3-14H,2H2,1H3. The molecule has 0 unspecified atom stereocenters. The Morgan fingerprint density at radius 3 is 1.95 bits per heavy atom. The highest BCUT2D eigenvalue weighted by molar-refractivity contribution is 14.1. The molecule has 0 aliphatic carbocycles. The van der Waals surface area contributed by atoms with Gasteiger partial charge in [0.1, 0.15) is 5.75 Å². The van der Waals surface area contributed by atoms with E-state index in [1.165, 1.54) is 22.3 Å². The largest absolute Gasteiger partial charge is 0.493 e. The maximum Gasteiger partial charge on any atom is 0.133 e. The third kappa shape index (κ3) is 3.17. The predicted octanol–water partition coefficient (Wildman–Crippen LogP) is 6.02. The zero-order valence-electron chi connectivity index (χ0n) is 12.4. The molecule has 0 amide bonds. The lowest BCUT2D eigenvalue weighted by Crippen LogP contribution is -1.97. The molecule has 0 saturated heterocycles. The minimum Gasteiger partial charge on any atom is -0.493 e. The van der Waals surface area contributed by atoms with Crippen molar-refractivity contribution in [2.75, 3.05) is 6.61 Å². The average Bonchev–Trinajstić information content (AvgIpc) is 2.58. The maximum atomic E-state index is 5.85. The molecule has 0 spiro atoms. The Labute approximate surface area is 145 Å². The number of ether oxygens (including phenoxy) is 1. The Hall–Kier alpha value is -1.81. The van der Waals surface area contributed by atoms with Gasteiger partial charge in [-0.15, -0.1) is 0 Å². The molecule has 3 aromatic carbocycles. The van der Waals surface area contributed by atoms with E-state index in [2.05, 4.69) is 83.3 Å². The van der Waals surface area contributed by atoms with Crippen LogP contribution in [0.3, 0.4) is 0 Å². The summed E-state index contributed by atoms with van der Waals surface area (Å²) < 4.78 is 7.01. The summed E-state index contributed by atoms with van der Waals surface area (Å²) in [5.41, 5.74) is 4.82. The molecule has 1 nitrogen and oxygen atoms in total. The zero-order chi connectivity index (χ0) is 15.4. The van der Waals surface area contributed by atoms with Crippen molar-refractivity contribution in [1.29, 1.82) is 0 Å². The van der Waals surface area contributed by atoms with Gasteiger partial charge in [-0.05, 0) is 63.9 Å². The Kier molecular flexibility index (Phi) is 4.78. The second-order valence-corrected chi connectivity index (χ2v) is 6.08. The predicted molar refractivity (Wildman–Crippen MR) is 101 cm³/mol. The first-order valence-corrected chi connectivity index (χ1v) is 8.44.